The Morgan fingerprint density at radius 1 is 1.14 bits per heavy atom. The molecule has 1 aliphatic rings. The zero-order chi connectivity index (χ0) is 20.5. The molecule has 0 aliphatic carbocycles. The SMILES string of the molecule is CC(=O)c1cccc(Nc2ncc3c(n2)N(C)N=C(c2c(Cl)cccc2Cl)O3)c1. The maximum Gasteiger partial charge on any atom is 0.247 e. The van der Waals surface area contributed by atoms with E-state index < -0.39 is 0 Å². The van der Waals surface area contributed by atoms with Crippen LogP contribution in [0.3, 0.4) is 0 Å². The Balaban J connectivity index is 1.63. The van der Waals surface area contributed by atoms with Crippen LogP contribution in [0.2, 0.25) is 10.0 Å². The lowest BCUT2D eigenvalue weighted by Gasteiger charge is -2.24. The van der Waals surface area contributed by atoms with E-state index in [0.717, 1.165) is 0 Å². The van der Waals surface area contributed by atoms with Gasteiger partial charge in [0, 0.05) is 18.3 Å². The van der Waals surface area contributed by atoms with Crippen molar-refractivity contribution in [1.82, 2.24) is 9.97 Å². The number of benzene rings is 2. The fourth-order valence-corrected chi connectivity index (χ4v) is 3.34. The van der Waals surface area contributed by atoms with Crippen molar-refractivity contribution in [1.29, 1.82) is 0 Å². The van der Waals surface area contributed by atoms with E-state index in [0.29, 0.717) is 44.4 Å². The van der Waals surface area contributed by atoms with E-state index in [4.69, 9.17) is 27.9 Å². The molecule has 0 bridgehead atoms. The van der Waals surface area contributed by atoms with Gasteiger partial charge >= 0.3 is 0 Å². The van der Waals surface area contributed by atoms with Crippen molar-refractivity contribution in [3.63, 3.8) is 0 Å². The largest absolute Gasteiger partial charge is 0.431 e. The van der Waals surface area contributed by atoms with Gasteiger partial charge in [0.2, 0.25) is 11.8 Å². The normalized spacial score (nSPS) is 12.7. The fraction of sp³-hybridized carbons (Fsp3) is 0.100. The smallest absolute Gasteiger partial charge is 0.247 e. The third-order valence-corrected chi connectivity index (χ3v) is 4.82. The second-order valence-electron chi connectivity index (χ2n) is 6.27. The standard InChI is InChI=1S/C20H15Cl2N5O2/c1-11(28)12-5-3-6-13(9-12)24-20-23-10-16-18(25-20)27(2)26-19(29-16)17-14(21)7-4-8-15(17)22/h3-10H,1-2H3,(H,23,24,25). The maximum absolute atomic E-state index is 11.6. The molecule has 0 spiro atoms. The van der Waals surface area contributed by atoms with Crippen LogP contribution < -0.4 is 15.1 Å². The summed E-state index contributed by atoms with van der Waals surface area (Å²) in [7, 11) is 1.74. The van der Waals surface area contributed by atoms with E-state index in [1.54, 1.807) is 48.5 Å². The summed E-state index contributed by atoms with van der Waals surface area (Å²) in [6, 6.07) is 12.3. The first-order chi connectivity index (χ1) is 13.9. The van der Waals surface area contributed by atoms with Crippen LogP contribution in [-0.2, 0) is 0 Å². The molecule has 0 atom stereocenters. The van der Waals surface area contributed by atoms with Gasteiger partial charge in [-0.1, -0.05) is 41.4 Å². The molecule has 146 valence electrons. The molecule has 2 heterocycles. The lowest BCUT2D eigenvalue weighted by molar-refractivity contribution is 0.101. The number of rotatable bonds is 4. The van der Waals surface area contributed by atoms with Crippen molar-refractivity contribution in [2.45, 2.75) is 6.92 Å². The molecule has 1 aromatic heterocycles. The summed E-state index contributed by atoms with van der Waals surface area (Å²) in [5, 5.41) is 9.90. The summed E-state index contributed by atoms with van der Waals surface area (Å²) in [6.07, 6.45) is 1.54. The van der Waals surface area contributed by atoms with Gasteiger partial charge in [-0.3, -0.25) is 4.79 Å². The summed E-state index contributed by atoms with van der Waals surface area (Å²) in [5.41, 5.74) is 1.79. The Hall–Kier alpha value is -3.16. The molecule has 4 rings (SSSR count). The molecular formula is C20H15Cl2N5O2. The van der Waals surface area contributed by atoms with Gasteiger partial charge in [-0.2, -0.15) is 4.98 Å². The molecule has 7 nitrogen and oxygen atoms in total. The molecule has 0 unspecified atom stereocenters. The molecule has 0 amide bonds. The van der Waals surface area contributed by atoms with Crippen LogP contribution in [0.4, 0.5) is 17.5 Å². The number of hydrazone groups is 1. The Morgan fingerprint density at radius 3 is 2.59 bits per heavy atom. The van der Waals surface area contributed by atoms with Crippen LogP contribution in [0.5, 0.6) is 5.75 Å². The van der Waals surface area contributed by atoms with Crippen LogP contribution in [-0.4, -0.2) is 28.7 Å². The number of nitrogens with one attached hydrogen (secondary N) is 1. The molecule has 1 N–H and O–H groups in total. The van der Waals surface area contributed by atoms with Crippen LogP contribution in [0, 0.1) is 0 Å². The van der Waals surface area contributed by atoms with E-state index in [9.17, 15) is 4.79 Å². The third-order valence-electron chi connectivity index (χ3n) is 4.19. The van der Waals surface area contributed by atoms with Crippen molar-refractivity contribution in [3.05, 3.63) is 69.8 Å². The van der Waals surface area contributed by atoms with Gasteiger partial charge in [-0.15, -0.1) is 5.10 Å². The van der Waals surface area contributed by atoms with Gasteiger partial charge in [-0.25, -0.2) is 9.99 Å². The van der Waals surface area contributed by atoms with E-state index in [1.165, 1.54) is 13.1 Å². The average molecular weight is 428 g/mol. The molecule has 0 saturated carbocycles. The summed E-state index contributed by atoms with van der Waals surface area (Å²) in [5.74, 6) is 1.46. The minimum atomic E-state index is -0.0201. The van der Waals surface area contributed by atoms with Crippen molar-refractivity contribution >= 4 is 52.3 Å². The van der Waals surface area contributed by atoms with E-state index in [2.05, 4.69) is 20.4 Å². The highest BCUT2D eigenvalue weighted by molar-refractivity contribution is 6.39. The zero-order valence-electron chi connectivity index (χ0n) is 15.5. The number of nitrogens with zero attached hydrogens (tertiary/aromatic N) is 4. The Morgan fingerprint density at radius 2 is 1.86 bits per heavy atom. The molecular weight excluding hydrogens is 413 g/mol. The quantitative estimate of drug-likeness (QED) is 0.595. The Labute approximate surface area is 176 Å². The fourth-order valence-electron chi connectivity index (χ4n) is 2.78. The highest BCUT2D eigenvalue weighted by Gasteiger charge is 2.25. The summed E-state index contributed by atoms with van der Waals surface area (Å²) in [4.78, 5) is 20.3. The third kappa shape index (κ3) is 3.87. The number of aromatic nitrogens is 2. The molecule has 29 heavy (non-hydrogen) atoms. The number of fused-ring (bicyclic) bond motifs is 1. The second-order valence-corrected chi connectivity index (χ2v) is 7.09. The van der Waals surface area contributed by atoms with Crippen molar-refractivity contribution < 1.29 is 9.53 Å². The number of halogens is 2. The lowest BCUT2D eigenvalue weighted by Crippen LogP contribution is -2.26. The minimum Gasteiger partial charge on any atom is -0.431 e. The molecule has 3 aromatic rings. The van der Waals surface area contributed by atoms with E-state index in [1.807, 2.05) is 6.07 Å². The summed E-state index contributed by atoms with van der Waals surface area (Å²) >= 11 is 12.5. The van der Waals surface area contributed by atoms with Crippen molar-refractivity contribution in [3.8, 4) is 5.75 Å². The second kappa shape index (κ2) is 7.69. The number of carbonyl (C=O) groups is 1. The average Bonchev–Trinajstić information content (AvgIpc) is 2.68. The predicted molar refractivity (Wildman–Crippen MR) is 114 cm³/mol. The number of hydrogen-bond donors (Lipinski definition) is 1. The minimum absolute atomic E-state index is 0.0201. The maximum atomic E-state index is 11.6. The molecule has 0 radical (unpaired) electrons. The van der Waals surface area contributed by atoms with Crippen LogP contribution in [0.25, 0.3) is 0 Å². The molecule has 1 aliphatic heterocycles. The van der Waals surface area contributed by atoms with Crippen LogP contribution in [0.15, 0.2) is 53.8 Å². The first-order valence-corrected chi connectivity index (χ1v) is 9.37. The number of carbonyl (C=O) groups excluding carboxylic acids is 1. The highest BCUT2D eigenvalue weighted by Crippen LogP contribution is 2.34. The molecule has 9 heteroatoms. The van der Waals surface area contributed by atoms with Crippen LogP contribution in [0.1, 0.15) is 22.8 Å². The topological polar surface area (TPSA) is 79.7 Å². The first-order valence-electron chi connectivity index (χ1n) is 8.62. The number of Topliss-reactive ketones (excluding diaryl/α,β-unsaturated/α-hetero) is 1. The first kappa shape index (κ1) is 19.2. The van der Waals surface area contributed by atoms with Gasteiger partial charge in [-0.05, 0) is 31.2 Å². The lowest BCUT2D eigenvalue weighted by atomic mass is 10.1. The van der Waals surface area contributed by atoms with Gasteiger partial charge in [0.25, 0.3) is 0 Å². The summed E-state index contributed by atoms with van der Waals surface area (Å²) < 4.78 is 5.85. The highest BCUT2D eigenvalue weighted by atomic mass is 35.5. The van der Waals surface area contributed by atoms with Crippen LogP contribution >= 0.6 is 23.2 Å². The van der Waals surface area contributed by atoms with Gasteiger partial charge < -0.3 is 10.1 Å². The van der Waals surface area contributed by atoms with Crippen molar-refractivity contribution in [2.75, 3.05) is 17.4 Å². The number of anilines is 3. The van der Waals surface area contributed by atoms with E-state index >= 15 is 0 Å². The number of hydrogen-bond acceptors (Lipinski definition) is 7. The number of ether oxygens (including phenoxy) is 1. The Bertz CT molecular complexity index is 1130. The van der Waals surface area contributed by atoms with E-state index in [-0.39, 0.29) is 11.7 Å². The zero-order valence-corrected chi connectivity index (χ0v) is 17.0. The molecule has 2 aromatic carbocycles. The van der Waals surface area contributed by atoms with Gasteiger partial charge in [0.05, 0.1) is 21.8 Å². The van der Waals surface area contributed by atoms with Crippen molar-refractivity contribution in [2.24, 2.45) is 5.10 Å². The van der Waals surface area contributed by atoms with Gasteiger partial charge in [0.15, 0.2) is 17.4 Å². The predicted octanol–water partition coefficient (Wildman–Crippen LogP) is 4.92. The monoisotopic (exact) mass is 427 g/mol. The Kier molecular flexibility index (Phi) is 5.08. The summed E-state index contributed by atoms with van der Waals surface area (Å²) in [6.45, 7) is 1.52. The number of ketones is 1. The molecule has 0 fully saturated rings. The van der Waals surface area contributed by atoms with Gasteiger partial charge in [0.1, 0.15) is 0 Å². The molecule has 0 saturated heterocycles.